The first kappa shape index (κ1) is 35.0. The maximum atomic E-state index is 5.03. The van der Waals surface area contributed by atoms with E-state index in [-0.39, 0.29) is 29.3 Å². The molecule has 2 aromatic heterocycles. The predicted octanol–water partition coefficient (Wildman–Crippen LogP) is 4.17. The maximum absolute atomic E-state index is 5.03. The molecule has 0 atom stereocenters. The molecule has 0 aliphatic rings. The first-order valence-corrected chi connectivity index (χ1v) is 19.5. The third-order valence-corrected chi connectivity index (χ3v) is 14.0. The van der Waals surface area contributed by atoms with E-state index < -0.39 is 15.2 Å². The molecule has 0 aliphatic carbocycles. The zero-order valence-electron chi connectivity index (χ0n) is 25.7. The number of hydrogen-bond donors (Lipinski definition) is 0. The van der Waals surface area contributed by atoms with Crippen LogP contribution < -0.4 is 56.3 Å². The number of aromatic nitrogens is 4. The van der Waals surface area contributed by atoms with Crippen molar-refractivity contribution < 1.29 is 24.0 Å². The molecule has 0 unspecified atom stereocenters. The molecular formula is C38H33Cl2IN4P2. The van der Waals surface area contributed by atoms with Crippen molar-refractivity contribution in [2.24, 2.45) is 0 Å². The molecule has 4 nitrogen and oxygen atoms in total. The molecule has 2 heterocycles. The summed E-state index contributed by atoms with van der Waals surface area (Å²) in [6, 6.07) is 51.8. The van der Waals surface area contributed by atoms with Crippen LogP contribution in [0.25, 0.3) is 11.4 Å². The highest BCUT2D eigenvalue weighted by Crippen LogP contribution is 2.51. The Balaban J connectivity index is 0.00000105. The normalized spacial score (nSPS) is 11.0. The van der Waals surface area contributed by atoms with Gasteiger partial charge in [0.1, 0.15) is 23.4 Å². The van der Waals surface area contributed by atoms with Gasteiger partial charge in [0.2, 0.25) is 0 Å². The zero-order chi connectivity index (χ0) is 31.8. The molecule has 0 amide bonds. The molecule has 0 spiro atoms. The van der Waals surface area contributed by atoms with Crippen LogP contribution in [0.3, 0.4) is 0 Å². The lowest BCUT2D eigenvalue weighted by Crippen LogP contribution is -3.00. The third-order valence-electron chi connectivity index (χ3n) is 7.80. The van der Waals surface area contributed by atoms with E-state index in [4.69, 9.17) is 33.2 Å². The summed E-state index contributed by atoms with van der Waals surface area (Å²) >= 11 is 9.53. The molecule has 7 aromatic rings. The lowest BCUT2D eigenvalue weighted by atomic mass is 10.2. The molecule has 0 aliphatic heterocycles. The first-order chi connectivity index (χ1) is 22.6. The summed E-state index contributed by atoms with van der Waals surface area (Å²) in [5, 5.41) is 5.35. The largest absolute Gasteiger partial charge is 1.00 e. The Labute approximate surface area is 305 Å². The summed E-state index contributed by atoms with van der Waals surface area (Å²) in [5.41, 5.74) is 4.26. The summed E-state index contributed by atoms with van der Waals surface area (Å²) in [6.07, 6.45) is 8.02. The van der Waals surface area contributed by atoms with E-state index in [9.17, 15) is 0 Å². The van der Waals surface area contributed by atoms with E-state index in [0.29, 0.717) is 0 Å². The van der Waals surface area contributed by atoms with Crippen LogP contribution in [0.4, 0.5) is 0 Å². The molecule has 0 N–H and O–H groups in total. The second kappa shape index (κ2) is 16.7. The van der Waals surface area contributed by atoms with E-state index >= 15 is 0 Å². The fraction of sp³-hybridized carbons (Fsp3) is 0.0526. The molecule has 0 fully saturated rings. The Kier molecular flexibility index (Phi) is 12.4. The number of nitrogens with zero attached hydrogens (tertiary/aromatic N) is 4. The van der Waals surface area contributed by atoms with Gasteiger partial charge in [0.15, 0.2) is 0 Å². The minimum Gasteiger partial charge on any atom is -1.00 e. The van der Waals surface area contributed by atoms with Crippen LogP contribution in [0.15, 0.2) is 170 Å². The minimum atomic E-state index is -2.03. The summed E-state index contributed by atoms with van der Waals surface area (Å²) in [6.45, 7) is 2.38. The summed E-state index contributed by atoms with van der Waals surface area (Å²) < 4.78 is 4.51. The van der Waals surface area contributed by atoms with Crippen molar-refractivity contribution in [3.8, 4) is 11.4 Å². The van der Waals surface area contributed by atoms with Crippen molar-refractivity contribution in [1.29, 1.82) is 0 Å². The van der Waals surface area contributed by atoms with Crippen molar-refractivity contribution in [1.82, 2.24) is 19.1 Å². The SMILES string of the molecule is C[P+](c1ccccc1)(c1ccccc1)c1nccn1-c1cccc(-n2ccnc2P(c2ccccc2)c2ccccc2)c1.ClCCl.[I-]. The van der Waals surface area contributed by atoms with Crippen LogP contribution in [0.1, 0.15) is 0 Å². The second-order valence-electron chi connectivity index (χ2n) is 10.5. The van der Waals surface area contributed by atoms with Crippen LogP contribution in [-0.4, -0.2) is 31.1 Å². The predicted molar refractivity (Wildman–Crippen MR) is 201 cm³/mol. The molecular weight excluding hydrogens is 772 g/mol. The number of hydrogen-bond acceptors (Lipinski definition) is 2. The molecule has 0 radical (unpaired) electrons. The van der Waals surface area contributed by atoms with Gasteiger partial charge in [0, 0.05) is 38.4 Å². The summed E-state index contributed by atoms with van der Waals surface area (Å²) in [4.78, 5) is 9.98. The average Bonchev–Trinajstić information content (AvgIpc) is 3.82. The topological polar surface area (TPSA) is 35.6 Å². The molecule has 0 bridgehead atoms. The minimum absolute atomic E-state index is 0. The Morgan fingerprint density at radius 1 is 0.574 bits per heavy atom. The molecule has 47 heavy (non-hydrogen) atoms. The van der Waals surface area contributed by atoms with E-state index in [2.05, 4.69) is 174 Å². The third kappa shape index (κ3) is 7.56. The average molecular weight is 805 g/mol. The van der Waals surface area contributed by atoms with Gasteiger partial charge >= 0.3 is 0 Å². The van der Waals surface area contributed by atoms with Crippen molar-refractivity contribution in [3.63, 3.8) is 0 Å². The van der Waals surface area contributed by atoms with Gasteiger partial charge in [-0.15, -0.1) is 23.2 Å². The fourth-order valence-electron chi connectivity index (χ4n) is 5.65. The van der Waals surface area contributed by atoms with Crippen molar-refractivity contribution in [3.05, 3.63) is 170 Å². The van der Waals surface area contributed by atoms with Gasteiger partial charge in [-0.3, -0.25) is 9.13 Å². The molecule has 0 saturated carbocycles. The molecule has 5 aromatic carbocycles. The Hall–Kier alpha value is -3.31. The number of alkyl halides is 2. The van der Waals surface area contributed by atoms with Gasteiger partial charge in [-0.2, -0.15) is 0 Å². The van der Waals surface area contributed by atoms with Gasteiger partial charge in [-0.25, -0.2) is 9.97 Å². The fourth-order valence-corrected chi connectivity index (χ4v) is 11.1. The van der Waals surface area contributed by atoms with Crippen LogP contribution in [0.5, 0.6) is 0 Å². The number of benzene rings is 5. The Bertz CT molecular complexity index is 1890. The maximum Gasteiger partial charge on any atom is 0.271 e. The van der Waals surface area contributed by atoms with Crippen LogP contribution in [0.2, 0.25) is 0 Å². The monoisotopic (exact) mass is 804 g/mol. The van der Waals surface area contributed by atoms with Crippen molar-refractivity contribution >= 4 is 70.7 Å². The van der Waals surface area contributed by atoms with Gasteiger partial charge in [0.05, 0.1) is 17.7 Å². The molecule has 0 saturated heterocycles. The number of imidazole rings is 2. The summed E-state index contributed by atoms with van der Waals surface area (Å²) in [7, 11) is -2.88. The van der Waals surface area contributed by atoms with Gasteiger partial charge in [0.25, 0.3) is 5.57 Å². The zero-order valence-corrected chi connectivity index (χ0v) is 31.1. The van der Waals surface area contributed by atoms with Crippen LogP contribution in [0, 0.1) is 0 Å². The highest BCUT2D eigenvalue weighted by Gasteiger charge is 2.44. The highest BCUT2D eigenvalue weighted by molar-refractivity contribution is 7.94. The lowest BCUT2D eigenvalue weighted by molar-refractivity contribution is -0.00000891. The Morgan fingerprint density at radius 2 is 1.00 bits per heavy atom. The number of halogens is 3. The van der Waals surface area contributed by atoms with Crippen LogP contribution >= 0.6 is 38.4 Å². The van der Waals surface area contributed by atoms with Gasteiger partial charge < -0.3 is 24.0 Å². The standard InChI is InChI=1S/C37H31N4P2.CH2Cl2.HI/c1-43(34-21-10-4-11-22-34,35-23-12-5-13-24-35)37-39-26-28-41(37)31-16-14-15-30(29-31)40-27-25-38-36(40)42(32-17-6-2-7-18-32)33-19-8-3-9-20-33;2-1-3;/h2-29H,1H3;1H2;1H/q+1;;/p-1. The first-order valence-electron chi connectivity index (χ1n) is 14.8. The van der Waals surface area contributed by atoms with E-state index in [1.165, 1.54) is 21.2 Å². The van der Waals surface area contributed by atoms with E-state index in [1.807, 2.05) is 12.4 Å². The summed E-state index contributed by atoms with van der Waals surface area (Å²) in [5.74, 6) is 0. The second-order valence-corrected chi connectivity index (χ2v) is 16.9. The molecule has 7 rings (SSSR count). The van der Waals surface area contributed by atoms with Crippen LogP contribution in [-0.2, 0) is 0 Å². The van der Waals surface area contributed by atoms with Gasteiger partial charge in [-0.05, 0) is 53.1 Å². The Morgan fingerprint density at radius 3 is 1.51 bits per heavy atom. The number of rotatable bonds is 8. The highest BCUT2D eigenvalue weighted by atomic mass is 127. The molecule has 9 heteroatoms. The quantitative estimate of drug-likeness (QED) is 0.132. The van der Waals surface area contributed by atoms with Crippen molar-refractivity contribution in [2.45, 2.75) is 0 Å². The van der Waals surface area contributed by atoms with Crippen molar-refractivity contribution in [2.75, 3.05) is 12.0 Å². The lowest BCUT2D eigenvalue weighted by Gasteiger charge is -2.23. The van der Waals surface area contributed by atoms with Gasteiger partial charge in [-0.1, -0.05) is 103 Å². The molecule has 236 valence electrons. The smallest absolute Gasteiger partial charge is 0.271 e. The van der Waals surface area contributed by atoms with E-state index in [1.54, 1.807) is 0 Å². The van der Waals surface area contributed by atoms with E-state index in [0.717, 1.165) is 22.5 Å².